The number of esters is 1. The third kappa shape index (κ3) is 3.47. The first-order valence-electron chi connectivity index (χ1n) is 7.33. The first-order valence-corrected chi connectivity index (χ1v) is 7.33. The Kier molecular flexibility index (Phi) is 4.42. The zero-order valence-corrected chi connectivity index (χ0v) is 12.9. The number of carbonyl (C=O) groups excluding carboxylic acids is 2. The average Bonchev–Trinajstić information content (AvgIpc) is 3.04. The molecule has 1 heterocycles. The van der Waals surface area contributed by atoms with Gasteiger partial charge in [-0.2, -0.15) is 0 Å². The van der Waals surface area contributed by atoms with Gasteiger partial charge in [-0.25, -0.2) is 4.79 Å². The maximum absolute atomic E-state index is 12.1. The molecule has 0 fully saturated rings. The molecular formula is C17H13N3O5. The Labute approximate surface area is 141 Å². The Morgan fingerprint density at radius 1 is 1.12 bits per heavy atom. The predicted molar refractivity (Wildman–Crippen MR) is 90.3 cm³/mol. The van der Waals surface area contributed by atoms with Crippen molar-refractivity contribution >= 4 is 34.2 Å². The molecule has 8 heteroatoms. The van der Waals surface area contributed by atoms with E-state index in [-0.39, 0.29) is 11.4 Å². The number of fused-ring (bicyclic) bond motifs is 1. The van der Waals surface area contributed by atoms with E-state index < -0.39 is 23.4 Å². The molecule has 0 spiro atoms. The smallest absolute Gasteiger partial charge is 0.340 e. The largest absolute Gasteiger partial charge is 0.452 e. The zero-order chi connectivity index (χ0) is 17.8. The minimum absolute atomic E-state index is 0.0423. The van der Waals surface area contributed by atoms with Crippen molar-refractivity contribution in [2.45, 2.75) is 0 Å². The second-order valence-electron chi connectivity index (χ2n) is 5.15. The minimum atomic E-state index is -0.664. The van der Waals surface area contributed by atoms with Gasteiger partial charge in [0.25, 0.3) is 11.6 Å². The normalized spacial score (nSPS) is 10.4. The number of nitro benzene ring substituents is 1. The molecule has 25 heavy (non-hydrogen) atoms. The highest BCUT2D eigenvalue weighted by Gasteiger charge is 2.17. The summed E-state index contributed by atoms with van der Waals surface area (Å²) in [4.78, 5) is 37.3. The summed E-state index contributed by atoms with van der Waals surface area (Å²) in [6.07, 6.45) is 1.51. The van der Waals surface area contributed by atoms with Crippen LogP contribution in [0.5, 0.6) is 0 Å². The molecule has 0 atom stereocenters. The van der Waals surface area contributed by atoms with Crippen molar-refractivity contribution < 1.29 is 19.2 Å². The third-order valence-electron chi connectivity index (χ3n) is 3.52. The summed E-state index contributed by atoms with van der Waals surface area (Å²) in [6.45, 7) is -0.551. The molecule has 0 saturated heterocycles. The molecule has 0 saturated carbocycles. The van der Waals surface area contributed by atoms with Crippen molar-refractivity contribution in [2.75, 3.05) is 11.9 Å². The number of rotatable bonds is 5. The Morgan fingerprint density at radius 2 is 1.84 bits per heavy atom. The summed E-state index contributed by atoms with van der Waals surface area (Å²) in [5.74, 6) is -1.32. The lowest BCUT2D eigenvalue weighted by Crippen LogP contribution is -2.21. The second-order valence-corrected chi connectivity index (χ2v) is 5.15. The van der Waals surface area contributed by atoms with E-state index >= 15 is 0 Å². The topological polar surface area (TPSA) is 114 Å². The first kappa shape index (κ1) is 16.2. The fourth-order valence-corrected chi connectivity index (χ4v) is 2.37. The molecule has 8 nitrogen and oxygen atoms in total. The van der Waals surface area contributed by atoms with Crippen molar-refractivity contribution in [3.8, 4) is 0 Å². The number of aromatic amines is 1. The third-order valence-corrected chi connectivity index (χ3v) is 3.52. The van der Waals surface area contributed by atoms with Gasteiger partial charge in [0.05, 0.1) is 10.5 Å². The van der Waals surface area contributed by atoms with Gasteiger partial charge in [0, 0.05) is 23.2 Å². The molecule has 3 rings (SSSR count). The van der Waals surface area contributed by atoms with Crippen molar-refractivity contribution in [1.29, 1.82) is 0 Å². The van der Waals surface area contributed by atoms with Crippen LogP contribution in [0.4, 0.5) is 11.4 Å². The number of benzene rings is 2. The number of ether oxygens (including phenoxy) is 1. The SMILES string of the molecule is O=C(COC(=O)c1c[nH]c2ccccc12)Nc1ccccc1[N+](=O)[O-]. The van der Waals surface area contributed by atoms with E-state index in [0.29, 0.717) is 10.9 Å². The summed E-state index contributed by atoms with van der Waals surface area (Å²) >= 11 is 0. The molecule has 3 aromatic rings. The van der Waals surface area contributed by atoms with E-state index in [1.54, 1.807) is 18.2 Å². The van der Waals surface area contributed by atoms with E-state index in [1.165, 1.54) is 24.4 Å². The number of nitrogens with zero attached hydrogens (tertiary/aromatic N) is 1. The highest BCUT2D eigenvalue weighted by molar-refractivity contribution is 6.05. The number of anilines is 1. The maximum atomic E-state index is 12.1. The molecule has 0 aliphatic carbocycles. The molecule has 2 N–H and O–H groups in total. The van der Waals surface area contributed by atoms with Gasteiger partial charge in [-0.1, -0.05) is 30.3 Å². The van der Waals surface area contributed by atoms with Gasteiger partial charge in [0.1, 0.15) is 5.69 Å². The van der Waals surface area contributed by atoms with Crippen molar-refractivity contribution in [3.63, 3.8) is 0 Å². The highest BCUT2D eigenvalue weighted by Crippen LogP contribution is 2.23. The van der Waals surface area contributed by atoms with Gasteiger partial charge in [-0.15, -0.1) is 0 Å². The molecule has 126 valence electrons. The van der Waals surface area contributed by atoms with Gasteiger partial charge < -0.3 is 15.0 Å². The summed E-state index contributed by atoms with van der Waals surface area (Å²) in [5, 5.41) is 14.0. The summed E-state index contributed by atoms with van der Waals surface area (Å²) in [7, 11) is 0. The van der Waals surface area contributed by atoms with E-state index in [2.05, 4.69) is 10.3 Å². The molecule has 1 aromatic heterocycles. The van der Waals surface area contributed by atoms with Gasteiger partial charge in [-0.3, -0.25) is 14.9 Å². The summed E-state index contributed by atoms with van der Waals surface area (Å²) < 4.78 is 4.99. The van der Waals surface area contributed by atoms with Gasteiger partial charge >= 0.3 is 5.97 Å². The Balaban J connectivity index is 1.65. The standard InChI is InChI=1S/C17H13N3O5/c21-16(19-14-7-3-4-8-15(14)20(23)24)10-25-17(22)12-9-18-13-6-2-1-5-11(12)13/h1-9,18H,10H2,(H,19,21). The number of aromatic nitrogens is 1. The van der Waals surface area contributed by atoms with Gasteiger partial charge in [0.15, 0.2) is 6.61 Å². The lowest BCUT2D eigenvalue weighted by molar-refractivity contribution is -0.383. The fraction of sp³-hybridized carbons (Fsp3) is 0.0588. The van der Waals surface area contributed by atoms with Crippen LogP contribution < -0.4 is 5.32 Å². The van der Waals surface area contributed by atoms with E-state index in [4.69, 9.17) is 4.74 Å². The number of amides is 1. The fourth-order valence-electron chi connectivity index (χ4n) is 2.37. The Hall–Kier alpha value is -3.68. The zero-order valence-electron chi connectivity index (χ0n) is 12.9. The van der Waals surface area contributed by atoms with E-state index in [0.717, 1.165) is 5.52 Å². The lowest BCUT2D eigenvalue weighted by atomic mass is 10.2. The average molecular weight is 339 g/mol. The lowest BCUT2D eigenvalue weighted by Gasteiger charge is -2.06. The van der Waals surface area contributed by atoms with Crippen LogP contribution in [0.3, 0.4) is 0 Å². The number of para-hydroxylation sites is 3. The predicted octanol–water partition coefficient (Wildman–Crippen LogP) is 2.87. The molecule has 0 unspecified atom stereocenters. The van der Waals surface area contributed by atoms with Crippen molar-refractivity contribution in [1.82, 2.24) is 4.98 Å². The van der Waals surface area contributed by atoms with Crippen LogP contribution in [0.15, 0.2) is 54.7 Å². The number of hydrogen-bond donors (Lipinski definition) is 2. The first-order chi connectivity index (χ1) is 12.1. The number of carbonyl (C=O) groups is 2. The van der Waals surface area contributed by atoms with E-state index in [9.17, 15) is 19.7 Å². The number of hydrogen-bond acceptors (Lipinski definition) is 5. The van der Waals surface area contributed by atoms with Crippen LogP contribution in [0.25, 0.3) is 10.9 Å². The number of H-pyrrole nitrogens is 1. The molecule has 0 bridgehead atoms. The Bertz CT molecular complexity index is 964. The molecule has 1 amide bonds. The van der Waals surface area contributed by atoms with E-state index in [1.807, 2.05) is 12.1 Å². The minimum Gasteiger partial charge on any atom is -0.452 e. The molecular weight excluding hydrogens is 326 g/mol. The highest BCUT2D eigenvalue weighted by atomic mass is 16.6. The second kappa shape index (κ2) is 6.83. The quantitative estimate of drug-likeness (QED) is 0.421. The van der Waals surface area contributed by atoms with Crippen molar-refractivity contribution in [3.05, 3.63) is 70.4 Å². The Morgan fingerprint density at radius 3 is 2.64 bits per heavy atom. The van der Waals surface area contributed by atoms with Crippen LogP contribution in [0, 0.1) is 10.1 Å². The molecule has 0 aliphatic rings. The summed E-state index contributed by atoms with van der Waals surface area (Å²) in [5.41, 5.74) is 0.896. The molecule has 0 aliphatic heterocycles. The van der Waals surface area contributed by atoms with Crippen LogP contribution >= 0.6 is 0 Å². The van der Waals surface area contributed by atoms with Crippen LogP contribution in [-0.4, -0.2) is 28.4 Å². The van der Waals surface area contributed by atoms with Crippen LogP contribution in [0.1, 0.15) is 10.4 Å². The molecule has 0 radical (unpaired) electrons. The monoisotopic (exact) mass is 339 g/mol. The maximum Gasteiger partial charge on any atom is 0.340 e. The van der Waals surface area contributed by atoms with Crippen LogP contribution in [0.2, 0.25) is 0 Å². The number of nitro groups is 1. The van der Waals surface area contributed by atoms with Crippen LogP contribution in [-0.2, 0) is 9.53 Å². The molecule has 2 aromatic carbocycles. The summed E-state index contributed by atoms with van der Waals surface area (Å²) in [6, 6.07) is 12.9. The van der Waals surface area contributed by atoms with Crippen molar-refractivity contribution in [2.24, 2.45) is 0 Å². The van der Waals surface area contributed by atoms with Gasteiger partial charge in [0.2, 0.25) is 0 Å². The number of nitrogens with one attached hydrogen (secondary N) is 2. The van der Waals surface area contributed by atoms with Gasteiger partial charge in [-0.05, 0) is 12.1 Å².